The molecule has 4 nitrogen and oxygen atoms in total. The zero-order chi connectivity index (χ0) is 29.7. The highest BCUT2D eigenvalue weighted by atomic mass is 16.4. The van der Waals surface area contributed by atoms with Crippen molar-refractivity contribution in [1.82, 2.24) is 4.98 Å². The van der Waals surface area contributed by atoms with Crippen LogP contribution >= 0.6 is 0 Å². The molecule has 0 radical (unpaired) electrons. The molecule has 9 aromatic rings. The smallest absolute Gasteiger partial charge is 0.227 e. The van der Waals surface area contributed by atoms with Crippen LogP contribution in [0.5, 0.6) is 0 Å². The second-order valence-electron chi connectivity index (χ2n) is 11.3. The van der Waals surface area contributed by atoms with Crippen molar-refractivity contribution >= 4 is 60.9 Å². The van der Waals surface area contributed by atoms with Crippen molar-refractivity contribution in [3.63, 3.8) is 0 Å². The van der Waals surface area contributed by atoms with E-state index in [1.54, 1.807) is 0 Å². The zero-order valence-corrected chi connectivity index (χ0v) is 24.2. The van der Waals surface area contributed by atoms with Crippen molar-refractivity contribution in [3.8, 4) is 22.6 Å². The molecule has 212 valence electrons. The van der Waals surface area contributed by atoms with Gasteiger partial charge in [-0.1, -0.05) is 84.9 Å². The number of furan rings is 1. The Hall–Kier alpha value is -6.13. The Morgan fingerprint density at radius 3 is 1.89 bits per heavy atom. The van der Waals surface area contributed by atoms with Crippen molar-refractivity contribution < 1.29 is 8.83 Å². The minimum atomic E-state index is 0.608. The lowest BCUT2D eigenvalue weighted by molar-refractivity contribution is 0.620. The predicted molar refractivity (Wildman–Crippen MR) is 184 cm³/mol. The van der Waals surface area contributed by atoms with Gasteiger partial charge in [-0.2, -0.15) is 0 Å². The van der Waals surface area contributed by atoms with E-state index >= 15 is 0 Å². The first kappa shape index (κ1) is 25.4. The highest BCUT2D eigenvalue weighted by Crippen LogP contribution is 2.39. The summed E-state index contributed by atoms with van der Waals surface area (Å²) in [5.74, 6) is 0.608. The topological polar surface area (TPSA) is 42.4 Å². The Bertz CT molecular complexity index is 2480. The Kier molecular flexibility index (Phi) is 5.78. The number of hydrogen-bond donors (Lipinski definition) is 0. The molecule has 0 spiro atoms. The van der Waals surface area contributed by atoms with Gasteiger partial charge in [-0.25, -0.2) is 4.98 Å². The average molecular weight is 579 g/mol. The minimum absolute atomic E-state index is 0.608. The van der Waals surface area contributed by atoms with Crippen molar-refractivity contribution in [1.29, 1.82) is 0 Å². The van der Waals surface area contributed by atoms with Crippen molar-refractivity contribution in [2.24, 2.45) is 0 Å². The molecule has 2 aromatic heterocycles. The van der Waals surface area contributed by atoms with Crippen LogP contribution in [0.2, 0.25) is 0 Å². The minimum Gasteiger partial charge on any atom is -0.456 e. The van der Waals surface area contributed by atoms with E-state index in [0.717, 1.165) is 66.8 Å². The maximum Gasteiger partial charge on any atom is 0.227 e. The summed E-state index contributed by atoms with van der Waals surface area (Å²) in [4.78, 5) is 7.02. The van der Waals surface area contributed by atoms with Gasteiger partial charge in [0.2, 0.25) is 5.89 Å². The SMILES string of the molecule is c1ccc(-c2nc3cc4oc5ccc(-c6ccc(N(c7ccccc7)c7ccc8ccccc8c7)cc6)cc5c4cc3o2)cc1. The normalized spacial score (nSPS) is 11.6. The van der Waals surface area contributed by atoms with Gasteiger partial charge in [0.1, 0.15) is 16.7 Å². The number of hydrogen-bond acceptors (Lipinski definition) is 4. The summed E-state index contributed by atoms with van der Waals surface area (Å²) < 4.78 is 12.4. The van der Waals surface area contributed by atoms with E-state index < -0.39 is 0 Å². The van der Waals surface area contributed by atoms with E-state index in [1.165, 1.54) is 10.8 Å². The van der Waals surface area contributed by atoms with Crippen molar-refractivity contribution in [3.05, 3.63) is 158 Å². The van der Waals surface area contributed by atoms with Crippen LogP contribution in [-0.4, -0.2) is 4.98 Å². The second-order valence-corrected chi connectivity index (χ2v) is 11.3. The summed E-state index contributed by atoms with van der Waals surface area (Å²) in [6, 6.07) is 54.7. The molecule has 0 fully saturated rings. The summed E-state index contributed by atoms with van der Waals surface area (Å²) in [5.41, 5.74) is 9.70. The first-order valence-electron chi connectivity index (χ1n) is 15.0. The maximum atomic E-state index is 6.26. The van der Waals surface area contributed by atoms with Crippen LogP contribution in [0.3, 0.4) is 0 Å². The van der Waals surface area contributed by atoms with Crippen LogP contribution in [0, 0.1) is 0 Å². The largest absolute Gasteiger partial charge is 0.456 e. The Balaban J connectivity index is 1.10. The zero-order valence-electron chi connectivity index (χ0n) is 24.2. The highest BCUT2D eigenvalue weighted by molar-refractivity contribution is 6.10. The number of aromatic nitrogens is 1. The van der Waals surface area contributed by atoms with Crippen molar-refractivity contribution in [2.45, 2.75) is 0 Å². The summed E-state index contributed by atoms with van der Waals surface area (Å²) >= 11 is 0. The Morgan fingerprint density at radius 1 is 0.400 bits per heavy atom. The standard InChI is InChI=1S/C41H26N2O2/c1-3-10-29(11-4-1)41-42-37-26-39-36(25-40(37)45-41)35-24-31(18-22-38(35)44-39)28-15-19-33(20-16-28)43(32-13-5-2-6-14-32)34-21-17-27-9-7-8-12-30(27)23-34/h1-26H. The third-order valence-corrected chi connectivity index (χ3v) is 8.46. The first-order valence-corrected chi connectivity index (χ1v) is 15.0. The molecule has 0 bridgehead atoms. The molecule has 0 unspecified atom stereocenters. The van der Waals surface area contributed by atoms with Crippen LogP contribution in [0.1, 0.15) is 0 Å². The second kappa shape index (κ2) is 10.2. The molecule has 2 heterocycles. The summed E-state index contributed by atoms with van der Waals surface area (Å²) in [5, 5.41) is 4.51. The van der Waals surface area contributed by atoms with Crippen LogP contribution in [0.15, 0.2) is 167 Å². The summed E-state index contributed by atoms with van der Waals surface area (Å²) in [6.45, 7) is 0. The lowest BCUT2D eigenvalue weighted by atomic mass is 10.0. The molecular weight excluding hydrogens is 552 g/mol. The lowest BCUT2D eigenvalue weighted by Gasteiger charge is -2.26. The van der Waals surface area contributed by atoms with Gasteiger partial charge in [0.15, 0.2) is 5.58 Å². The highest BCUT2D eigenvalue weighted by Gasteiger charge is 2.16. The van der Waals surface area contributed by atoms with Gasteiger partial charge >= 0.3 is 0 Å². The van der Waals surface area contributed by atoms with Gasteiger partial charge < -0.3 is 13.7 Å². The van der Waals surface area contributed by atoms with E-state index in [-0.39, 0.29) is 0 Å². The summed E-state index contributed by atoms with van der Waals surface area (Å²) in [6.07, 6.45) is 0. The van der Waals surface area contributed by atoms with Crippen LogP contribution in [-0.2, 0) is 0 Å². The number of rotatable bonds is 5. The molecule has 0 aliphatic carbocycles. The molecule has 0 aliphatic heterocycles. The van der Waals surface area contributed by atoms with E-state index in [2.05, 4.69) is 120 Å². The number of para-hydroxylation sites is 1. The molecule has 0 saturated carbocycles. The molecular formula is C41H26N2O2. The number of oxazole rings is 1. The Labute approximate surface area is 259 Å². The van der Waals surface area contributed by atoms with E-state index in [9.17, 15) is 0 Å². The molecule has 0 amide bonds. The molecule has 4 heteroatoms. The molecule has 7 aromatic carbocycles. The monoisotopic (exact) mass is 578 g/mol. The number of fused-ring (bicyclic) bond motifs is 5. The van der Waals surface area contributed by atoms with Gasteiger partial charge in [-0.15, -0.1) is 0 Å². The number of benzene rings is 7. The van der Waals surface area contributed by atoms with Crippen LogP contribution in [0.25, 0.3) is 66.4 Å². The molecule has 0 saturated heterocycles. The molecule has 9 rings (SSSR count). The summed E-state index contributed by atoms with van der Waals surface area (Å²) in [7, 11) is 0. The fourth-order valence-corrected chi connectivity index (χ4v) is 6.22. The first-order chi connectivity index (χ1) is 22.3. The molecule has 0 aliphatic rings. The van der Waals surface area contributed by atoms with Gasteiger partial charge in [-0.05, 0) is 88.6 Å². The van der Waals surface area contributed by atoms with Gasteiger partial charge in [-0.3, -0.25) is 0 Å². The third-order valence-electron chi connectivity index (χ3n) is 8.46. The Morgan fingerprint density at radius 2 is 1.07 bits per heavy atom. The molecule has 0 atom stereocenters. The fraction of sp³-hybridized carbons (Fsp3) is 0. The van der Waals surface area contributed by atoms with Crippen LogP contribution < -0.4 is 4.90 Å². The third kappa shape index (κ3) is 4.43. The lowest BCUT2D eigenvalue weighted by Crippen LogP contribution is -2.09. The average Bonchev–Trinajstić information content (AvgIpc) is 3.69. The quantitative estimate of drug-likeness (QED) is 0.204. The van der Waals surface area contributed by atoms with E-state index in [0.29, 0.717) is 5.89 Å². The van der Waals surface area contributed by atoms with Crippen LogP contribution in [0.4, 0.5) is 17.1 Å². The molecule has 45 heavy (non-hydrogen) atoms. The van der Waals surface area contributed by atoms with Crippen molar-refractivity contribution in [2.75, 3.05) is 4.90 Å². The molecule has 0 N–H and O–H groups in total. The number of anilines is 3. The van der Waals surface area contributed by atoms with Gasteiger partial charge in [0.05, 0.1) is 0 Å². The fourth-order valence-electron chi connectivity index (χ4n) is 6.22. The van der Waals surface area contributed by atoms with Gasteiger partial charge in [0.25, 0.3) is 0 Å². The number of nitrogens with zero attached hydrogens (tertiary/aromatic N) is 2. The predicted octanol–water partition coefficient (Wildman–Crippen LogP) is 11.7. The van der Waals surface area contributed by atoms with E-state index in [1.807, 2.05) is 42.5 Å². The van der Waals surface area contributed by atoms with Gasteiger partial charge in [0, 0.05) is 39.5 Å². The maximum absolute atomic E-state index is 6.26. The van der Waals surface area contributed by atoms with E-state index in [4.69, 9.17) is 13.8 Å².